The molecule has 0 saturated carbocycles. The molecular weight excluding hydrogens is 401 g/mol. The summed E-state index contributed by atoms with van der Waals surface area (Å²) in [5.74, 6) is 0. The molecule has 1 N–H and O–H groups in total. The molecule has 1 aliphatic heterocycles. The van der Waals surface area contributed by atoms with Crippen molar-refractivity contribution in [2.75, 3.05) is 13.1 Å². The summed E-state index contributed by atoms with van der Waals surface area (Å²) in [5, 5.41) is 12.6. The maximum atomic E-state index is 10.8. The Bertz CT molecular complexity index is 935. The fourth-order valence-corrected chi connectivity index (χ4v) is 4.86. The fourth-order valence-electron chi connectivity index (χ4n) is 4.39. The maximum absolute atomic E-state index is 10.8. The van der Waals surface area contributed by atoms with E-state index in [4.69, 9.17) is 34.8 Å². The van der Waals surface area contributed by atoms with E-state index >= 15 is 0 Å². The number of hydrogen-bond donors (Lipinski definition) is 1. The van der Waals surface area contributed by atoms with Crippen LogP contribution in [0.2, 0.25) is 15.1 Å². The molecule has 1 heterocycles. The highest BCUT2D eigenvalue weighted by molar-refractivity contribution is 6.42. The molecule has 0 saturated heterocycles. The van der Waals surface area contributed by atoms with Crippen molar-refractivity contribution in [2.45, 2.75) is 38.3 Å². The van der Waals surface area contributed by atoms with Crippen molar-refractivity contribution >= 4 is 40.4 Å². The predicted octanol–water partition coefficient (Wildman–Crippen LogP) is 6.17. The molecule has 1 aliphatic carbocycles. The van der Waals surface area contributed by atoms with Crippen molar-refractivity contribution < 1.29 is 5.11 Å². The van der Waals surface area contributed by atoms with Crippen LogP contribution in [0.15, 0.2) is 42.0 Å². The number of aliphatic hydroxyl groups is 1. The highest BCUT2D eigenvalue weighted by atomic mass is 35.5. The van der Waals surface area contributed by atoms with E-state index in [0.29, 0.717) is 16.6 Å². The average molecular weight is 423 g/mol. The topological polar surface area (TPSA) is 23.5 Å². The van der Waals surface area contributed by atoms with Crippen LogP contribution in [0.4, 0.5) is 0 Å². The van der Waals surface area contributed by atoms with Crippen LogP contribution in [0.1, 0.15) is 43.1 Å². The summed E-state index contributed by atoms with van der Waals surface area (Å²) in [6.07, 6.45) is 1.31. The van der Waals surface area contributed by atoms with E-state index in [1.165, 1.54) is 22.3 Å². The minimum absolute atomic E-state index is 0.129. The van der Waals surface area contributed by atoms with Gasteiger partial charge in [-0.2, -0.15) is 0 Å². The maximum Gasteiger partial charge on any atom is 0.0917 e. The van der Waals surface area contributed by atoms with Crippen molar-refractivity contribution in [2.24, 2.45) is 0 Å². The van der Waals surface area contributed by atoms with Gasteiger partial charge in [-0.15, -0.1) is 0 Å². The molecule has 2 aromatic carbocycles. The first-order chi connectivity index (χ1) is 12.8. The Kier molecular flexibility index (Phi) is 5.07. The standard InChI is InChI=1S/C22H22Cl3NO/c1-22(2)18-9-13-3-5-15(23)11-17(13)16(18)7-8-26(22)12-21(27)14-4-6-19(24)20(25)10-14/h3-6,10-11,21,27H,7-9,12H2,1-2H3. The molecule has 5 heteroatoms. The van der Waals surface area contributed by atoms with E-state index < -0.39 is 6.10 Å². The summed E-state index contributed by atoms with van der Waals surface area (Å²) >= 11 is 18.3. The largest absolute Gasteiger partial charge is 0.387 e. The molecule has 0 fully saturated rings. The molecule has 1 unspecified atom stereocenters. The second kappa shape index (κ2) is 7.09. The molecule has 2 nitrogen and oxygen atoms in total. The number of β-amino-alcohol motifs (C(OH)–C–C–N with tert-alkyl or cyclic N) is 1. The number of halogens is 3. The van der Waals surface area contributed by atoms with Gasteiger partial charge in [0.2, 0.25) is 0 Å². The van der Waals surface area contributed by atoms with Crippen LogP contribution in [0.3, 0.4) is 0 Å². The van der Waals surface area contributed by atoms with Gasteiger partial charge in [0.25, 0.3) is 0 Å². The first kappa shape index (κ1) is 19.3. The molecule has 4 rings (SSSR count). The van der Waals surface area contributed by atoms with E-state index in [2.05, 4.69) is 30.9 Å². The molecule has 27 heavy (non-hydrogen) atoms. The van der Waals surface area contributed by atoms with Gasteiger partial charge in [-0.05, 0) is 78.8 Å². The van der Waals surface area contributed by atoms with Gasteiger partial charge in [-0.3, -0.25) is 4.90 Å². The molecule has 0 bridgehead atoms. The zero-order valence-corrected chi connectivity index (χ0v) is 17.7. The molecule has 0 radical (unpaired) electrons. The van der Waals surface area contributed by atoms with Crippen LogP contribution < -0.4 is 0 Å². The van der Waals surface area contributed by atoms with Crippen LogP contribution >= 0.6 is 34.8 Å². The van der Waals surface area contributed by atoms with Crippen LogP contribution in [-0.2, 0) is 6.42 Å². The lowest BCUT2D eigenvalue weighted by Crippen LogP contribution is -2.50. The van der Waals surface area contributed by atoms with Gasteiger partial charge >= 0.3 is 0 Å². The Morgan fingerprint density at radius 3 is 2.59 bits per heavy atom. The van der Waals surface area contributed by atoms with Crippen LogP contribution in [0.25, 0.3) is 5.57 Å². The molecule has 0 aromatic heterocycles. The van der Waals surface area contributed by atoms with Gasteiger partial charge in [0.05, 0.1) is 16.1 Å². The third-order valence-corrected chi connectivity index (χ3v) is 6.99. The summed E-state index contributed by atoms with van der Waals surface area (Å²) in [7, 11) is 0. The zero-order valence-electron chi connectivity index (χ0n) is 15.4. The van der Waals surface area contributed by atoms with E-state index in [9.17, 15) is 5.11 Å². The Morgan fingerprint density at radius 2 is 1.85 bits per heavy atom. The molecule has 2 aromatic rings. The van der Waals surface area contributed by atoms with Gasteiger partial charge < -0.3 is 5.11 Å². The second-order valence-electron chi connectivity index (χ2n) is 7.88. The van der Waals surface area contributed by atoms with Crippen molar-refractivity contribution in [3.63, 3.8) is 0 Å². The lowest BCUT2D eigenvalue weighted by molar-refractivity contribution is 0.0627. The summed E-state index contributed by atoms with van der Waals surface area (Å²) in [6.45, 7) is 5.95. The Balaban J connectivity index is 1.58. The monoisotopic (exact) mass is 421 g/mol. The molecule has 0 amide bonds. The second-order valence-corrected chi connectivity index (χ2v) is 9.13. The molecular formula is C22H22Cl3NO. The number of hydrogen-bond acceptors (Lipinski definition) is 2. The molecule has 142 valence electrons. The minimum atomic E-state index is -0.612. The van der Waals surface area contributed by atoms with Crippen molar-refractivity contribution in [1.82, 2.24) is 4.90 Å². The van der Waals surface area contributed by atoms with Gasteiger partial charge in [-0.25, -0.2) is 0 Å². The van der Waals surface area contributed by atoms with Gasteiger partial charge in [-0.1, -0.05) is 46.9 Å². The first-order valence-corrected chi connectivity index (χ1v) is 10.3. The van der Waals surface area contributed by atoms with Crippen molar-refractivity contribution in [1.29, 1.82) is 0 Å². The summed E-state index contributed by atoms with van der Waals surface area (Å²) in [4.78, 5) is 2.37. The highest BCUT2D eigenvalue weighted by Crippen LogP contribution is 2.46. The van der Waals surface area contributed by atoms with Crippen LogP contribution in [-0.4, -0.2) is 28.6 Å². The third kappa shape index (κ3) is 3.43. The number of rotatable bonds is 3. The predicted molar refractivity (Wildman–Crippen MR) is 114 cm³/mol. The van der Waals surface area contributed by atoms with Crippen molar-refractivity contribution in [3.05, 3.63) is 73.7 Å². The Hall–Kier alpha value is -1.03. The summed E-state index contributed by atoms with van der Waals surface area (Å²) in [5.41, 5.74) is 6.18. The lowest BCUT2D eigenvalue weighted by atomic mass is 9.83. The van der Waals surface area contributed by atoms with E-state index in [1.54, 1.807) is 12.1 Å². The fraction of sp³-hybridized carbons (Fsp3) is 0.364. The number of aliphatic hydroxyl groups excluding tert-OH is 1. The minimum Gasteiger partial charge on any atom is -0.387 e. The van der Waals surface area contributed by atoms with E-state index in [0.717, 1.165) is 30.0 Å². The van der Waals surface area contributed by atoms with E-state index in [-0.39, 0.29) is 5.54 Å². The lowest BCUT2D eigenvalue weighted by Gasteiger charge is -2.45. The van der Waals surface area contributed by atoms with E-state index in [1.807, 2.05) is 12.1 Å². The number of fused-ring (bicyclic) bond motifs is 2. The van der Waals surface area contributed by atoms with Crippen molar-refractivity contribution in [3.8, 4) is 0 Å². The van der Waals surface area contributed by atoms with Crippen LogP contribution in [0, 0.1) is 0 Å². The molecule has 2 aliphatic rings. The average Bonchev–Trinajstić information content (AvgIpc) is 2.99. The van der Waals surface area contributed by atoms with Gasteiger partial charge in [0.1, 0.15) is 0 Å². The summed E-state index contributed by atoms with van der Waals surface area (Å²) < 4.78 is 0. The Morgan fingerprint density at radius 1 is 1.07 bits per heavy atom. The Labute approximate surface area is 175 Å². The first-order valence-electron chi connectivity index (χ1n) is 9.16. The SMILES string of the molecule is CC1(C)C2=C(CCN1CC(O)c1ccc(Cl)c(Cl)c1)c1cc(Cl)ccc1C2. The number of nitrogens with zero attached hydrogens (tertiary/aromatic N) is 1. The third-order valence-electron chi connectivity index (χ3n) is 6.01. The normalized spacial score (nSPS) is 19.8. The quantitative estimate of drug-likeness (QED) is 0.639. The smallest absolute Gasteiger partial charge is 0.0917 e. The van der Waals surface area contributed by atoms with Gasteiger partial charge in [0, 0.05) is 23.7 Å². The highest BCUT2D eigenvalue weighted by Gasteiger charge is 2.40. The summed E-state index contributed by atoms with van der Waals surface area (Å²) in [6, 6.07) is 11.5. The molecule has 1 atom stereocenters. The molecule has 0 spiro atoms. The van der Waals surface area contributed by atoms with Crippen LogP contribution in [0.5, 0.6) is 0 Å². The zero-order chi connectivity index (χ0) is 19.3. The van der Waals surface area contributed by atoms with Gasteiger partial charge in [0.15, 0.2) is 0 Å². The number of benzene rings is 2.